The molecule has 4 aromatic heterocycles. The van der Waals surface area contributed by atoms with E-state index in [0.717, 1.165) is 33.2 Å². The van der Waals surface area contributed by atoms with Gasteiger partial charge in [-0.2, -0.15) is 0 Å². The highest BCUT2D eigenvalue weighted by Crippen LogP contribution is 2.49. The third-order valence-corrected chi connectivity index (χ3v) is 10.8. The topological polar surface area (TPSA) is 22.5 Å². The van der Waals surface area contributed by atoms with Crippen LogP contribution in [0.3, 0.4) is 0 Å². The maximum Gasteiger partial charge on any atom is 0.136 e. The first-order chi connectivity index (χ1) is 24.3. The second kappa shape index (κ2) is 9.06. The van der Waals surface area contributed by atoms with Crippen molar-refractivity contribution in [3.8, 4) is 16.8 Å². The predicted molar refractivity (Wildman–Crippen MR) is 206 cm³/mol. The molecule has 4 heterocycles. The van der Waals surface area contributed by atoms with Gasteiger partial charge in [0.2, 0.25) is 0 Å². The third-order valence-electron chi connectivity index (χ3n) is 10.8. The molecule has 0 fully saturated rings. The minimum Gasteiger partial charge on any atom is -0.456 e. The average Bonchev–Trinajstić information content (AvgIpc) is 3.80. The summed E-state index contributed by atoms with van der Waals surface area (Å²) in [6.45, 7) is 0. The lowest BCUT2D eigenvalue weighted by Crippen LogP contribution is -1.96. The van der Waals surface area contributed by atoms with Crippen LogP contribution in [-0.4, -0.2) is 8.97 Å². The van der Waals surface area contributed by atoms with Crippen molar-refractivity contribution < 1.29 is 4.42 Å². The van der Waals surface area contributed by atoms with E-state index < -0.39 is 0 Å². The summed E-state index contributed by atoms with van der Waals surface area (Å²) in [5, 5.41) is 12.6. The van der Waals surface area contributed by atoms with Crippen LogP contribution in [0, 0.1) is 0 Å². The molecule has 0 N–H and O–H groups in total. The molecule has 12 rings (SSSR count). The fourth-order valence-electron chi connectivity index (χ4n) is 8.95. The Morgan fingerprint density at radius 2 is 0.980 bits per heavy atom. The second-order valence-corrected chi connectivity index (χ2v) is 13.2. The molecule has 3 nitrogen and oxygen atoms in total. The minimum absolute atomic E-state index is 0.910. The Hall–Kier alpha value is -6.58. The van der Waals surface area contributed by atoms with Gasteiger partial charge in [-0.15, -0.1) is 0 Å². The van der Waals surface area contributed by atoms with Gasteiger partial charge in [-0.25, -0.2) is 0 Å². The van der Waals surface area contributed by atoms with Crippen LogP contribution < -0.4 is 0 Å². The summed E-state index contributed by atoms with van der Waals surface area (Å²) in [5.41, 5.74) is 11.5. The Morgan fingerprint density at radius 1 is 0.367 bits per heavy atom. The quantitative estimate of drug-likeness (QED) is 0.188. The zero-order valence-electron chi connectivity index (χ0n) is 26.3. The molecule has 49 heavy (non-hydrogen) atoms. The highest BCUT2D eigenvalue weighted by atomic mass is 16.3. The summed E-state index contributed by atoms with van der Waals surface area (Å²) >= 11 is 0. The van der Waals surface area contributed by atoms with E-state index in [1.165, 1.54) is 76.2 Å². The number of aromatic nitrogens is 2. The number of benzene rings is 8. The maximum atomic E-state index is 6.30. The Morgan fingerprint density at radius 3 is 1.86 bits per heavy atom. The fourth-order valence-corrected chi connectivity index (χ4v) is 8.95. The van der Waals surface area contributed by atoms with Crippen LogP contribution in [0.4, 0.5) is 0 Å². The van der Waals surface area contributed by atoms with Crippen LogP contribution in [-0.2, 0) is 0 Å². The van der Waals surface area contributed by atoms with E-state index in [1.54, 1.807) is 0 Å². The van der Waals surface area contributed by atoms with Crippen LogP contribution in [0.25, 0.3) is 109 Å². The predicted octanol–water partition coefficient (Wildman–Crippen LogP) is 12.7. The van der Waals surface area contributed by atoms with Crippen molar-refractivity contribution in [1.82, 2.24) is 8.97 Å². The standard InChI is InChI=1S/C46H26N2O/c1-2-16-33-32(15-1)42-34-17-4-7-22-37(34)48-36-21-6-3-14-30(36)31-20-10-23-38-43(31)44(46(42)48)45(33)47(38)28-13-9-12-27(26-28)29-19-11-25-40-41(29)35-18-5-8-24-39(35)49-40/h1-26H. The monoisotopic (exact) mass is 622 g/mol. The Bertz CT molecular complexity index is 3340. The van der Waals surface area contributed by atoms with Gasteiger partial charge < -0.3 is 13.4 Å². The number of para-hydroxylation sites is 3. The molecular formula is C46H26N2O. The minimum atomic E-state index is 0.910. The van der Waals surface area contributed by atoms with Crippen molar-refractivity contribution in [2.45, 2.75) is 0 Å². The van der Waals surface area contributed by atoms with E-state index in [2.05, 4.69) is 161 Å². The Kier molecular flexibility index (Phi) is 4.72. The number of furan rings is 1. The first-order valence-corrected chi connectivity index (χ1v) is 16.9. The van der Waals surface area contributed by atoms with E-state index in [9.17, 15) is 0 Å². The van der Waals surface area contributed by atoms with Gasteiger partial charge in [-0.1, -0.05) is 115 Å². The highest BCUT2D eigenvalue weighted by molar-refractivity contribution is 6.40. The molecule has 0 atom stereocenters. The molecule has 0 aliphatic rings. The lowest BCUT2D eigenvalue weighted by Gasteiger charge is -2.13. The zero-order chi connectivity index (χ0) is 31.8. The lowest BCUT2D eigenvalue weighted by molar-refractivity contribution is 0.669. The van der Waals surface area contributed by atoms with Crippen molar-refractivity contribution in [1.29, 1.82) is 0 Å². The molecule has 0 aliphatic carbocycles. The molecule has 12 aromatic rings. The number of hydrogen-bond acceptors (Lipinski definition) is 1. The second-order valence-electron chi connectivity index (χ2n) is 13.2. The number of rotatable bonds is 2. The van der Waals surface area contributed by atoms with Gasteiger partial charge >= 0.3 is 0 Å². The first-order valence-electron chi connectivity index (χ1n) is 16.9. The molecule has 3 heteroatoms. The van der Waals surface area contributed by atoms with E-state index >= 15 is 0 Å². The SMILES string of the molecule is c1cc(-c2cccc3oc4ccccc4c23)cc(-n2c3cccc4c5ccccc5n5c6ccccc6c6c7ccccc7c2c(c43)c65)c1. The van der Waals surface area contributed by atoms with Crippen LogP contribution in [0.1, 0.15) is 0 Å². The van der Waals surface area contributed by atoms with Crippen molar-refractivity contribution in [3.05, 3.63) is 158 Å². The molecule has 0 spiro atoms. The fraction of sp³-hybridized carbons (Fsp3) is 0. The van der Waals surface area contributed by atoms with Crippen LogP contribution in [0.2, 0.25) is 0 Å². The van der Waals surface area contributed by atoms with Gasteiger partial charge in [0.15, 0.2) is 0 Å². The van der Waals surface area contributed by atoms with Crippen molar-refractivity contribution in [3.63, 3.8) is 0 Å². The molecule has 0 bridgehead atoms. The van der Waals surface area contributed by atoms with Crippen molar-refractivity contribution >= 4 is 92.6 Å². The summed E-state index contributed by atoms with van der Waals surface area (Å²) in [5.74, 6) is 0. The van der Waals surface area contributed by atoms with Crippen molar-refractivity contribution in [2.24, 2.45) is 0 Å². The molecule has 0 saturated carbocycles. The van der Waals surface area contributed by atoms with Crippen LogP contribution in [0.15, 0.2) is 162 Å². The van der Waals surface area contributed by atoms with Crippen molar-refractivity contribution in [2.75, 3.05) is 0 Å². The molecule has 0 radical (unpaired) electrons. The highest BCUT2D eigenvalue weighted by Gasteiger charge is 2.26. The smallest absolute Gasteiger partial charge is 0.136 e. The van der Waals surface area contributed by atoms with E-state index in [0.29, 0.717) is 0 Å². The summed E-state index contributed by atoms with van der Waals surface area (Å²) in [7, 11) is 0. The largest absolute Gasteiger partial charge is 0.456 e. The van der Waals surface area contributed by atoms with E-state index in [1.807, 2.05) is 6.07 Å². The lowest BCUT2D eigenvalue weighted by atomic mass is 9.98. The summed E-state index contributed by atoms with van der Waals surface area (Å²) in [6, 6.07) is 57.4. The van der Waals surface area contributed by atoms with Gasteiger partial charge in [0.1, 0.15) is 11.2 Å². The number of hydrogen-bond donors (Lipinski definition) is 0. The molecule has 0 aliphatic heterocycles. The van der Waals surface area contributed by atoms with Gasteiger partial charge in [0, 0.05) is 48.8 Å². The molecular weight excluding hydrogens is 597 g/mol. The summed E-state index contributed by atoms with van der Waals surface area (Å²) < 4.78 is 11.3. The average molecular weight is 623 g/mol. The van der Waals surface area contributed by atoms with E-state index in [-0.39, 0.29) is 0 Å². The molecule has 0 saturated heterocycles. The van der Waals surface area contributed by atoms with Gasteiger partial charge in [0.25, 0.3) is 0 Å². The Balaban J connectivity index is 1.31. The summed E-state index contributed by atoms with van der Waals surface area (Å²) in [6.07, 6.45) is 0. The molecule has 8 aromatic carbocycles. The van der Waals surface area contributed by atoms with Crippen LogP contribution in [0.5, 0.6) is 0 Å². The normalized spacial score (nSPS) is 12.5. The number of nitrogens with zero attached hydrogens (tertiary/aromatic N) is 2. The summed E-state index contributed by atoms with van der Waals surface area (Å²) in [4.78, 5) is 0. The maximum absolute atomic E-state index is 6.30. The molecule has 0 unspecified atom stereocenters. The van der Waals surface area contributed by atoms with Crippen LogP contribution >= 0.6 is 0 Å². The van der Waals surface area contributed by atoms with Gasteiger partial charge in [-0.3, -0.25) is 0 Å². The van der Waals surface area contributed by atoms with Gasteiger partial charge in [0.05, 0.1) is 27.6 Å². The zero-order valence-corrected chi connectivity index (χ0v) is 26.3. The molecule has 0 amide bonds. The third kappa shape index (κ3) is 3.13. The molecule has 226 valence electrons. The van der Waals surface area contributed by atoms with Gasteiger partial charge in [-0.05, 0) is 64.4 Å². The van der Waals surface area contributed by atoms with E-state index in [4.69, 9.17) is 4.42 Å². The number of fused-ring (bicyclic) bond motifs is 12. The first kappa shape index (κ1) is 25.5. The Labute approximate surface area is 279 Å².